The smallest absolute Gasteiger partial charge is 0.323 e. The van der Waals surface area contributed by atoms with E-state index >= 15 is 0 Å². The molecule has 2 N–H and O–H groups in total. The zero-order valence-electron chi connectivity index (χ0n) is 24.6. The van der Waals surface area contributed by atoms with Crippen LogP contribution in [0.3, 0.4) is 0 Å². The molecule has 2 atom stereocenters. The Morgan fingerprint density at radius 1 is 0.816 bits per heavy atom. The lowest BCUT2D eigenvalue weighted by molar-refractivity contribution is -0.165. The molecule has 0 aliphatic rings. The van der Waals surface area contributed by atoms with E-state index in [1.54, 1.807) is 33.8 Å². The first-order valence-electron chi connectivity index (χ1n) is 12.8. The van der Waals surface area contributed by atoms with Crippen LogP contribution in [-0.2, 0) is 35.1 Å². The van der Waals surface area contributed by atoms with E-state index in [1.807, 2.05) is 41.5 Å². The lowest BCUT2D eigenvalue weighted by Gasteiger charge is -2.21. The van der Waals surface area contributed by atoms with Gasteiger partial charge in [0.25, 0.3) is 0 Å². The van der Waals surface area contributed by atoms with Crippen LogP contribution in [0, 0.1) is 16.2 Å². The van der Waals surface area contributed by atoms with E-state index < -0.39 is 41.4 Å². The number of ether oxygens (including phenoxy) is 4. The van der Waals surface area contributed by atoms with Crippen LogP contribution in [0.15, 0.2) is 18.2 Å². The Morgan fingerprint density at radius 2 is 1.32 bits per heavy atom. The Labute approximate surface area is 226 Å². The molecular formula is C29H45NO8. The molecular weight excluding hydrogens is 490 g/mol. The van der Waals surface area contributed by atoms with E-state index in [-0.39, 0.29) is 48.2 Å². The van der Waals surface area contributed by atoms with Crippen LogP contribution in [0.1, 0.15) is 87.6 Å². The summed E-state index contributed by atoms with van der Waals surface area (Å²) in [6.45, 7) is 18.2. The van der Waals surface area contributed by atoms with Crippen molar-refractivity contribution in [2.45, 2.75) is 101 Å². The lowest BCUT2D eigenvalue weighted by atomic mass is 9.92. The maximum Gasteiger partial charge on any atom is 0.323 e. The van der Waals surface area contributed by atoms with E-state index in [1.165, 1.54) is 12.1 Å². The van der Waals surface area contributed by atoms with Gasteiger partial charge in [0.15, 0.2) is 11.5 Å². The number of benzene rings is 1. The Bertz CT molecular complexity index is 995. The molecule has 0 saturated heterocycles. The molecule has 0 aliphatic carbocycles. The minimum Gasteiger partial charge on any atom is -0.461 e. The highest BCUT2D eigenvalue weighted by Gasteiger charge is 2.27. The summed E-state index contributed by atoms with van der Waals surface area (Å²) >= 11 is 0. The van der Waals surface area contributed by atoms with Gasteiger partial charge >= 0.3 is 23.9 Å². The van der Waals surface area contributed by atoms with Gasteiger partial charge in [-0.15, -0.1) is 0 Å². The zero-order valence-corrected chi connectivity index (χ0v) is 24.6. The quantitative estimate of drug-likeness (QED) is 0.333. The van der Waals surface area contributed by atoms with Crippen molar-refractivity contribution in [3.8, 4) is 11.5 Å². The van der Waals surface area contributed by atoms with Gasteiger partial charge in [-0.2, -0.15) is 0 Å². The molecule has 0 saturated carbocycles. The fourth-order valence-electron chi connectivity index (χ4n) is 3.06. The topological polar surface area (TPSA) is 131 Å². The highest BCUT2D eigenvalue weighted by molar-refractivity contribution is 5.78. The van der Waals surface area contributed by atoms with E-state index in [4.69, 9.17) is 24.7 Å². The fourth-order valence-corrected chi connectivity index (χ4v) is 3.06. The molecule has 1 aromatic rings. The van der Waals surface area contributed by atoms with Gasteiger partial charge in [0.2, 0.25) is 0 Å². The molecule has 1 rings (SSSR count). The summed E-state index contributed by atoms with van der Waals surface area (Å²) in [5, 5.41) is 0. The molecule has 0 bridgehead atoms. The first-order valence-corrected chi connectivity index (χ1v) is 12.8. The summed E-state index contributed by atoms with van der Waals surface area (Å²) in [6, 6.07) is 3.66. The predicted octanol–water partition coefficient (Wildman–Crippen LogP) is 4.76. The van der Waals surface area contributed by atoms with Crippen LogP contribution in [0.25, 0.3) is 0 Å². The van der Waals surface area contributed by atoms with Crippen LogP contribution in [0.2, 0.25) is 0 Å². The van der Waals surface area contributed by atoms with Crippen molar-refractivity contribution in [3.05, 3.63) is 23.8 Å². The van der Waals surface area contributed by atoms with Crippen molar-refractivity contribution >= 4 is 23.9 Å². The van der Waals surface area contributed by atoms with E-state index in [0.29, 0.717) is 5.56 Å². The monoisotopic (exact) mass is 535 g/mol. The molecule has 9 nitrogen and oxygen atoms in total. The number of hydrogen-bond donors (Lipinski definition) is 1. The lowest BCUT2D eigenvalue weighted by Crippen LogP contribution is -2.37. The normalized spacial score (nSPS) is 13.8. The standard InChI is InChI=1S/C29H45NO8/c1-18(36-26(34)29(8,9)10)17-35-25(33)20(30)13-19-11-12-21(37-23(31)15-27(2,3)4)22(14-19)38-24(32)16-28(5,6)7/h11-12,14,18,20H,13,15-17,30H2,1-10H3/t18-,20-/m0/s1. The van der Waals surface area contributed by atoms with Gasteiger partial charge in [0.1, 0.15) is 18.8 Å². The summed E-state index contributed by atoms with van der Waals surface area (Å²) in [7, 11) is 0. The summed E-state index contributed by atoms with van der Waals surface area (Å²) in [6.07, 6.45) is -0.232. The van der Waals surface area contributed by atoms with Gasteiger partial charge in [-0.05, 0) is 62.6 Å². The van der Waals surface area contributed by atoms with E-state index in [2.05, 4.69) is 0 Å². The van der Waals surface area contributed by atoms with Gasteiger partial charge in [0, 0.05) is 0 Å². The average Bonchev–Trinajstić information content (AvgIpc) is 2.70. The molecule has 0 fully saturated rings. The molecule has 38 heavy (non-hydrogen) atoms. The van der Waals surface area contributed by atoms with Gasteiger partial charge in [0.05, 0.1) is 18.3 Å². The molecule has 0 unspecified atom stereocenters. The Balaban J connectivity index is 2.95. The van der Waals surface area contributed by atoms with Crippen molar-refractivity contribution in [2.75, 3.05) is 6.61 Å². The highest BCUT2D eigenvalue weighted by Crippen LogP contribution is 2.32. The second kappa shape index (κ2) is 13.2. The Kier molecular flexibility index (Phi) is 11.5. The van der Waals surface area contributed by atoms with Crippen LogP contribution < -0.4 is 15.2 Å². The van der Waals surface area contributed by atoms with Crippen LogP contribution in [0.4, 0.5) is 0 Å². The van der Waals surface area contributed by atoms with Crippen molar-refractivity contribution in [1.29, 1.82) is 0 Å². The average molecular weight is 536 g/mol. The number of carbonyl (C=O) groups is 4. The third-order valence-corrected chi connectivity index (χ3v) is 4.94. The number of nitrogens with two attached hydrogens (primary N) is 1. The van der Waals surface area contributed by atoms with Gasteiger partial charge in [-0.1, -0.05) is 47.6 Å². The fraction of sp³-hybridized carbons (Fsp3) is 0.655. The molecule has 0 amide bonds. The van der Waals surface area contributed by atoms with Gasteiger partial charge in [-0.25, -0.2) is 0 Å². The van der Waals surface area contributed by atoms with Crippen LogP contribution in [0.5, 0.6) is 11.5 Å². The highest BCUT2D eigenvalue weighted by atomic mass is 16.6. The maximum absolute atomic E-state index is 12.5. The van der Waals surface area contributed by atoms with Crippen molar-refractivity contribution in [3.63, 3.8) is 0 Å². The second-order valence-corrected chi connectivity index (χ2v) is 13.1. The predicted molar refractivity (Wildman–Crippen MR) is 144 cm³/mol. The van der Waals surface area contributed by atoms with E-state index in [9.17, 15) is 19.2 Å². The number of hydrogen-bond acceptors (Lipinski definition) is 9. The van der Waals surface area contributed by atoms with Gasteiger partial charge < -0.3 is 24.7 Å². The second-order valence-electron chi connectivity index (χ2n) is 13.1. The molecule has 9 heteroatoms. The maximum atomic E-state index is 12.5. The summed E-state index contributed by atoms with van der Waals surface area (Å²) in [4.78, 5) is 49.4. The molecule has 0 aliphatic heterocycles. The summed E-state index contributed by atoms with van der Waals surface area (Å²) in [5.41, 5.74) is 5.38. The molecule has 214 valence electrons. The van der Waals surface area contributed by atoms with Crippen molar-refractivity contribution < 1.29 is 38.1 Å². The van der Waals surface area contributed by atoms with Crippen LogP contribution in [-0.4, -0.2) is 42.6 Å². The molecule has 1 aromatic carbocycles. The third kappa shape index (κ3) is 13.0. The number of carbonyl (C=O) groups excluding carboxylic acids is 4. The van der Waals surface area contributed by atoms with Gasteiger partial charge in [-0.3, -0.25) is 19.2 Å². The molecule has 0 heterocycles. The Morgan fingerprint density at radius 3 is 1.79 bits per heavy atom. The zero-order chi connectivity index (χ0) is 29.5. The summed E-state index contributed by atoms with van der Waals surface area (Å²) < 4.78 is 21.6. The molecule has 0 radical (unpaired) electrons. The SMILES string of the molecule is C[C@@H](COC(=O)[C@@H](N)Cc1ccc(OC(=O)CC(C)(C)C)c(OC(=O)CC(C)(C)C)c1)OC(=O)C(C)(C)C. The first kappa shape index (κ1) is 33.1. The first-order chi connectivity index (χ1) is 17.2. The third-order valence-electron chi connectivity index (χ3n) is 4.94. The minimum absolute atomic E-state index is 0.0716. The van der Waals surface area contributed by atoms with E-state index in [0.717, 1.165) is 0 Å². The van der Waals surface area contributed by atoms with Crippen LogP contribution >= 0.6 is 0 Å². The minimum atomic E-state index is -1.02. The largest absolute Gasteiger partial charge is 0.461 e. The van der Waals surface area contributed by atoms with Crippen molar-refractivity contribution in [2.24, 2.45) is 22.0 Å². The number of rotatable bonds is 10. The molecule has 0 aromatic heterocycles. The Hall–Kier alpha value is -2.94. The molecule has 0 spiro atoms. The van der Waals surface area contributed by atoms with Crippen molar-refractivity contribution in [1.82, 2.24) is 0 Å². The number of esters is 4. The summed E-state index contributed by atoms with van der Waals surface area (Å²) in [5.74, 6) is -1.83.